The van der Waals surface area contributed by atoms with Gasteiger partial charge in [0, 0.05) is 12.2 Å². The van der Waals surface area contributed by atoms with Crippen molar-refractivity contribution < 1.29 is 19.1 Å². The van der Waals surface area contributed by atoms with Gasteiger partial charge in [0.1, 0.15) is 6.04 Å². The van der Waals surface area contributed by atoms with Crippen LogP contribution in [0.3, 0.4) is 0 Å². The van der Waals surface area contributed by atoms with E-state index in [-0.39, 0.29) is 24.3 Å². The van der Waals surface area contributed by atoms with Crippen molar-refractivity contribution >= 4 is 34.8 Å². The second-order valence-corrected chi connectivity index (χ2v) is 8.01. The number of hydrogen-bond donors (Lipinski definition) is 1. The monoisotopic (exact) mass is 400 g/mol. The topological polar surface area (TPSA) is 75.7 Å². The number of thiophene rings is 1. The van der Waals surface area contributed by atoms with Crippen molar-refractivity contribution in [1.82, 2.24) is 5.32 Å². The van der Waals surface area contributed by atoms with Gasteiger partial charge in [0.2, 0.25) is 0 Å². The molecule has 0 unspecified atom stereocenters. The standard InChI is InChI=1S/C21H24N2O4S/c1-14(2)19(22-20(25)17-10-6-12-28-17)21(26)27-13-18(24)23-11-5-8-15-7-3-4-9-16(15)23/h3-4,6-7,9-10,12,14,19H,5,8,11,13H2,1-2H3,(H,22,25)/t19-/m1/s1. The van der Waals surface area contributed by atoms with Gasteiger partial charge in [-0.15, -0.1) is 11.3 Å². The third-order valence-electron chi connectivity index (χ3n) is 4.70. The molecule has 1 N–H and O–H groups in total. The molecule has 0 aliphatic carbocycles. The van der Waals surface area contributed by atoms with Crippen LogP contribution in [0, 0.1) is 5.92 Å². The molecule has 148 valence electrons. The number of amides is 2. The van der Waals surface area contributed by atoms with E-state index in [1.165, 1.54) is 11.3 Å². The molecule has 28 heavy (non-hydrogen) atoms. The van der Waals surface area contributed by atoms with E-state index in [1.807, 2.05) is 38.1 Å². The highest BCUT2D eigenvalue weighted by molar-refractivity contribution is 7.12. The van der Waals surface area contributed by atoms with Gasteiger partial charge in [-0.3, -0.25) is 9.59 Å². The van der Waals surface area contributed by atoms with Crippen LogP contribution in [-0.4, -0.2) is 37.0 Å². The molecule has 2 aromatic rings. The van der Waals surface area contributed by atoms with Gasteiger partial charge in [-0.25, -0.2) is 4.79 Å². The van der Waals surface area contributed by atoms with Crippen molar-refractivity contribution in [2.45, 2.75) is 32.7 Å². The molecule has 6 nitrogen and oxygen atoms in total. The second-order valence-electron chi connectivity index (χ2n) is 7.06. The summed E-state index contributed by atoms with van der Waals surface area (Å²) in [7, 11) is 0. The van der Waals surface area contributed by atoms with E-state index in [0.717, 1.165) is 24.1 Å². The van der Waals surface area contributed by atoms with E-state index in [2.05, 4.69) is 5.32 Å². The van der Waals surface area contributed by atoms with E-state index in [1.54, 1.807) is 22.4 Å². The summed E-state index contributed by atoms with van der Waals surface area (Å²) in [6.45, 7) is 3.91. The number of anilines is 1. The average molecular weight is 401 g/mol. The Balaban J connectivity index is 1.60. The van der Waals surface area contributed by atoms with Crippen molar-refractivity contribution in [3.05, 3.63) is 52.2 Å². The summed E-state index contributed by atoms with van der Waals surface area (Å²) in [6, 6.07) is 10.4. The Morgan fingerprint density at radius 3 is 2.68 bits per heavy atom. The second kappa shape index (κ2) is 9.01. The summed E-state index contributed by atoms with van der Waals surface area (Å²) in [6.07, 6.45) is 1.81. The van der Waals surface area contributed by atoms with Gasteiger partial charge in [-0.2, -0.15) is 0 Å². The van der Waals surface area contributed by atoms with E-state index in [4.69, 9.17) is 4.74 Å². The maximum absolute atomic E-state index is 12.6. The fraction of sp³-hybridized carbons (Fsp3) is 0.381. The molecule has 3 rings (SSSR count). The first-order chi connectivity index (χ1) is 13.5. The molecule has 7 heteroatoms. The zero-order valence-electron chi connectivity index (χ0n) is 16.0. The minimum atomic E-state index is -0.809. The smallest absolute Gasteiger partial charge is 0.329 e. The Labute approximate surface area is 168 Å². The normalized spacial score (nSPS) is 14.3. The Kier molecular flexibility index (Phi) is 6.46. The van der Waals surface area contributed by atoms with Crippen LogP contribution in [0.5, 0.6) is 0 Å². The zero-order valence-corrected chi connectivity index (χ0v) is 16.8. The van der Waals surface area contributed by atoms with E-state index in [9.17, 15) is 14.4 Å². The maximum Gasteiger partial charge on any atom is 0.329 e. The molecule has 1 aromatic heterocycles. The van der Waals surface area contributed by atoms with Crippen LogP contribution in [0.2, 0.25) is 0 Å². The first-order valence-corrected chi connectivity index (χ1v) is 10.2. The molecule has 1 aliphatic rings. The Morgan fingerprint density at radius 1 is 1.18 bits per heavy atom. The van der Waals surface area contributed by atoms with Gasteiger partial charge in [0.25, 0.3) is 11.8 Å². The lowest BCUT2D eigenvalue weighted by Crippen LogP contribution is -2.46. The van der Waals surface area contributed by atoms with Crippen molar-refractivity contribution in [3.63, 3.8) is 0 Å². The van der Waals surface area contributed by atoms with Gasteiger partial charge < -0.3 is 15.0 Å². The Morgan fingerprint density at radius 2 is 1.96 bits per heavy atom. The molecule has 1 aliphatic heterocycles. The van der Waals surface area contributed by atoms with Crippen LogP contribution >= 0.6 is 11.3 Å². The summed E-state index contributed by atoms with van der Waals surface area (Å²) in [5.74, 6) is -1.34. The molecular formula is C21H24N2O4S. The predicted molar refractivity (Wildman–Crippen MR) is 108 cm³/mol. The van der Waals surface area contributed by atoms with Crippen molar-refractivity contribution in [1.29, 1.82) is 0 Å². The van der Waals surface area contributed by atoms with Gasteiger partial charge in [0.15, 0.2) is 6.61 Å². The minimum absolute atomic E-state index is 0.165. The van der Waals surface area contributed by atoms with Gasteiger partial charge in [-0.05, 0) is 41.8 Å². The SMILES string of the molecule is CC(C)[C@@H](NC(=O)c1cccs1)C(=O)OCC(=O)N1CCCc2ccccc21. The van der Waals surface area contributed by atoms with Gasteiger partial charge in [0.05, 0.1) is 4.88 Å². The third-order valence-corrected chi connectivity index (χ3v) is 5.57. The number of benzene rings is 1. The van der Waals surface area contributed by atoms with Crippen LogP contribution in [0.1, 0.15) is 35.5 Å². The van der Waals surface area contributed by atoms with Crippen LogP contribution in [0.15, 0.2) is 41.8 Å². The fourth-order valence-corrected chi connectivity index (χ4v) is 3.84. The number of esters is 1. The molecule has 1 atom stereocenters. The molecule has 0 saturated heterocycles. The number of carbonyl (C=O) groups excluding carboxylic acids is 3. The summed E-state index contributed by atoms with van der Waals surface area (Å²) in [5.41, 5.74) is 2.00. The lowest BCUT2D eigenvalue weighted by molar-refractivity contribution is -0.150. The highest BCUT2D eigenvalue weighted by Crippen LogP contribution is 2.26. The van der Waals surface area contributed by atoms with Gasteiger partial charge >= 0.3 is 5.97 Å². The molecule has 0 spiro atoms. The Bertz CT molecular complexity index is 848. The molecule has 0 bridgehead atoms. The quantitative estimate of drug-likeness (QED) is 0.757. The fourth-order valence-electron chi connectivity index (χ4n) is 3.21. The van der Waals surface area contributed by atoms with Crippen LogP contribution in [-0.2, 0) is 20.7 Å². The lowest BCUT2D eigenvalue weighted by atomic mass is 10.0. The summed E-state index contributed by atoms with van der Waals surface area (Å²) in [4.78, 5) is 39.6. The zero-order chi connectivity index (χ0) is 20.1. The molecule has 2 heterocycles. The maximum atomic E-state index is 12.6. The van der Waals surface area contributed by atoms with Crippen LogP contribution < -0.4 is 10.2 Å². The number of nitrogens with zero attached hydrogens (tertiary/aromatic N) is 1. The number of fused-ring (bicyclic) bond motifs is 1. The number of ether oxygens (including phenoxy) is 1. The first-order valence-electron chi connectivity index (χ1n) is 9.36. The van der Waals surface area contributed by atoms with E-state index >= 15 is 0 Å². The van der Waals surface area contributed by atoms with Crippen molar-refractivity contribution in [3.8, 4) is 0 Å². The molecular weight excluding hydrogens is 376 g/mol. The van der Waals surface area contributed by atoms with Crippen molar-refractivity contribution in [2.75, 3.05) is 18.1 Å². The highest BCUT2D eigenvalue weighted by atomic mass is 32.1. The van der Waals surface area contributed by atoms with E-state index < -0.39 is 12.0 Å². The average Bonchev–Trinajstić information content (AvgIpc) is 3.24. The third kappa shape index (κ3) is 4.59. The van der Waals surface area contributed by atoms with E-state index in [0.29, 0.717) is 11.4 Å². The number of para-hydroxylation sites is 1. The number of hydrogen-bond acceptors (Lipinski definition) is 5. The number of nitrogens with one attached hydrogen (secondary N) is 1. The predicted octanol–water partition coefficient (Wildman–Crippen LogP) is 3.03. The Hall–Kier alpha value is -2.67. The summed E-state index contributed by atoms with van der Waals surface area (Å²) < 4.78 is 5.27. The molecule has 0 radical (unpaired) electrons. The minimum Gasteiger partial charge on any atom is -0.454 e. The first kappa shape index (κ1) is 20.1. The molecule has 0 fully saturated rings. The number of carbonyl (C=O) groups is 3. The number of aryl methyl sites for hydroxylation is 1. The van der Waals surface area contributed by atoms with Gasteiger partial charge in [-0.1, -0.05) is 38.1 Å². The molecule has 1 aromatic carbocycles. The summed E-state index contributed by atoms with van der Waals surface area (Å²) >= 11 is 1.30. The van der Waals surface area contributed by atoms with Crippen LogP contribution in [0.4, 0.5) is 5.69 Å². The molecule has 0 saturated carbocycles. The number of rotatable bonds is 6. The largest absolute Gasteiger partial charge is 0.454 e. The van der Waals surface area contributed by atoms with Crippen molar-refractivity contribution in [2.24, 2.45) is 5.92 Å². The highest BCUT2D eigenvalue weighted by Gasteiger charge is 2.28. The molecule has 2 amide bonds. The van der Waals surface area contributed by atoms with Crippen LogP contribution in [0.25, 0.3) is 0 Å². The summed E-state index contributed by atoms with van der Waals surface area (Å²) in [5, 5.41) is 4.51. The lowest BCUT2D eigenvalue weighted by Gasteiger charge is -2.29.